The van der Waals surface area contributed by atoms with Crippen molar-refractivity contribution in [3.8, 4) is 0 Å². The number of carbonyl (C=O) groups is 2. The maximum absolute atomic E-state index is 12.0. The summed E-state index contributed by atoms with van der Waals surface area (Å²) in [5, 5.41) is 3.79. The van der Waals surface area contributed by atoms with E-state index in [1.807, 2.05) is 30.5 Å². The number of aromatic nitrogens is 1. The number of para-hydroxylation sites is 1. The fourth-order valence-electron chi connectivity index (χ4n) is 2.56. The summed E-state index contributed by atoms with van der Waals surface area (Å²) in [5.41, 5.74) is 2.01. The van der Waals surface area contributed by atoms with Gasteiger partial charge in [0.15, 0.2) is 5.11 Å². The smallest absolute Gasteiger partial charge is 0.249 e. The second-order valence-electron chi connectivity index (χ2n) is 4.76. The number of carbonyl (C=O) groups excluding carboxylic acids is 2. The summed E-state index contributed by atoms with van der Waals surface area (Å²) in [5.74, 6) is -0.450. The van der Waals surface area contributed by atoms with E-state index in [-0.39, 0.29) is 16.9 Å². The first kappa shape index (κ1) is 12.8. The van der Waals surface area contributed by atoms with Crippen LogP contribution in [0.3, 0.4) is 0 Å². The third-order valence-electron chi connectivity index (χ3n) is 3.49. The number of thiocarbonyl (C=S) groups is 1. The summed E-state index contributed by atoms with van der Waals surface area (Å²) in [6, 6.07) is 7.29. The Morgan fingerprint density at radius 3 is 2.90 bits per heavy atom. The lowest BCUT2D eigenvalue weighted by atomic mass is 10.0. The van der Waals surface area contributed by atoms with Crippen LogP contribution < -0.4 is 5.32 Å². The van der Waals surface area contributed by atoms with E-state index in [2.05, 4.69) is 10.3 Å². The van der Waals surface area contributed by atoms with E-state index < -0.39 is 6.04 Å². The van der Waals surface area contributed by atoms with Crippen molar-refractivity contribution in [1.82, 2.24) is 15.2 Å². The van der Waals surface area contributed by atoms with Gasteiger partial charge in [-0.3, -0.25) is 14.5 Å². The van der Waals surface area contributed by atoms with Crippen LogP contribution in [0, 0.1) is 0 Å². The molecule has 20 heavy (non-hydrogen) atoms. The van der Waals surface area contributed by atoms with E-state index in [4.69, 9.17) is 12.2 Å². The Balaban J connectivity index is 1.95. The van der Waals surface area contributed by atoms with Crippen LogP contribution in [0.2, 0.25) is 0 Å². The standard InChI is InChI=1S/C14H13N3O2S/c1-8(18)17-12(13(19)16-14(17)20)6-9-7-15-11-5-3-2-4-10(9)11/h2-5,7,12,15H,6H2,1H3,(H,16,19,20)/t12-/m1/s1. The van der Waals surface area contributed by atoms with Crippen LogP contribution >= 0.6 is 12.2 Å². The fraction of sp³-hybridized carbons (Fsp3) is 0.214. The zero-order chi connectivity index (χ0) is 14.3. The third-order valence-corrected chi connectivity index (χ3v) is 3.79. The number of nitrogens with zero attached hydrogens (tertiary/aromatic N) is 1. The normalized spacial score (nSPS) is 18.6. The number of benzene rings is 1. The van der Waals surface area contributed by atoms with Gasteiger partial charge in [0.25, 0.3) is 0 Å². The minimum atomic E-state index is -0.570. The topological polar surface area (TPSA) is 65.2 Å². The molecule has 1 saturated heterocycles. The average molecular weight is 287 g/mol. The van der Waals surface area contributed by atoms with Crippen molar-refractivity contribution < 1.29 is 9.59 Å². The summed E-state index contributed by atoms with van der Waals surface area (Å²) >= 11 is 5.03. The van der Waals surface area contributed by atoms with Crippen LogP contribution in [-0.2, 0) is 16.0 Å². The van der Waals surface area contributed by atoms with E-state index in [9.17, 15) is 9.59 Å². The molecule has 1 aromatic carbocycles. The third kappa shape index (κ3) is 1.98. The molecule has 102 valence electrons. The molecule has 0 saturated carbocycles. The SMILES string of the molecule is CC(=O)N1C(=S)NC(=O)[C@H]1Cc1c[nH]c2ccccc12. The lowest BCUT2D eigenvalue weighted by molar-refractivity contribution is -0.131. The van der Waals surface area contributed by atoms with Crippen molar-refractivity contribution in [2.75, 3.05) is 0 Å². The summed E-state index contributed by atoms with van der Waals surface area (Å²) in [4.78, 5) is 28.1. The molecule has 2 aromatic rings. The Morgan fingerprint density at radius 1 is 1.40 bits per heavy atom. The van der Waals surface area contributed by atoms with Gasteiger partial charge in [0.05, 0.1) is 0 Å². The molecule has 5 nitrogen and oxygen atoms in total. The fourth-order valence-corrected chi connectivity index (χ4v) is 2.92. The van der Waals surface area contributed by atoms with Crippen molar-refractivity contribution in [3.05, 3.63) is 36.0 Å². The Bertz CT molecular complexity index is 722. The van der Waals surface area contributed by atoms with Gasteiger partial charge in [-0.05, 0) is 23.8 Å². The van der Waals surface area contributed by atoms with Gasteiger partial charge in [-0.1, -0.05) is 18.2 Å². The zero-order valence-electron chi connectivity index (χ0n) is 10.8. The number of hydrogen-bond donors (Lipinski definition) is 2. The molecule has 0 spiro atoms. The molecular weight excluding hydrogens is 274 g/mol. The van der Waals surface area contributed by atoms with Crippen LogP contribution in [0.1, 0.15) is 12.5 Å². The summed E-state index contributed by atoms with van der Waals surface area (Å²) in [6.45, 7) is 1.41. The van der Waals surface area contributed by atoms with E-state index >= 15 is 0 Å². The Hall–Kier alpha value is -2.21. The van der Waals surface area contributed by atoms with Gasteiger partial charge in [-0.25, -0.2) is 0 Å². The van der Waals surface area contributed by atoms with Crippen molar-refractivity contribution in [2.45, 2.75) is 19.4 Å². The van der Waals surface area contributed by atoms with Crippen LogP contribution in [0.4, 0.5) is 0 Å². The molecule has 3 rings (SSSR count). The molecule has 2 amide bonds. The van der Waals surface area contributed by atoms with Crippen LogP contribution in [0.15, 0.2) is 30.5 Å². The highest BCUT2D eigenvalue weighted by molar-refractivity contribution is 7.80. The van der Waals surface area contributed by atoms with Crippen molar-refractivity contribution in [2.24, 2.45) is 0 Å². The predicted octanol–water partition coefficient (Wildman–Crippen LogP) is 1.34. The first-order valence-corrected chi connectivity index (χ1v) is 6.68. The summed E-state index contributed by atoms with van der Waals surface area (Å²) in [7, 11) is 0. The number of amides is 2. The van der Waals surface area contributed by atoms with Gasteiger partial charge in [0, 0.05) is 30.4 Å². The van der Waals surface area contributed by atoms with Crippen LogP contribution in [-0.4, -0.2) is 32.9 Å². The minimum absolute atomic E-state index is 0.187. The second kappa shape index (κ2) is 4.72. The molecular formula is C14H13N3O2S. The lowest BCUT2D eigenvalue weighted by Gasteiger charge is -2.19. The van der Waals surface area contributed by atoms with E-state index in [0.29, 0.717) is 6.42 Å². The van der Waals surface area contributed by atoms with Gasteiger partial charge in [0.2, 0.25) is 11.8 Å². The molecule has 6 heteroatoms. The number of H-pyrrole nitrogens is 1. The largest absolute Gasteiger partial charge is 0.361 e. The van der Waals surface area contributed by atoms with Gasteiger partial charge >= 0.3 is 0 Å². The molecule has 0 unspecified atom stereocenters. The lowest BCUT2D eigenvalue weighted by Crippen LogP contribution is -2.39. The van der Waals surface area contributed by atoms with Gasteiger partial charge in [-0.15, -0.1) is 0 Å². The first-order valence-electron chi connectivity index (χ1n) is 6.27. The van der Waals surface area contributed by atoms with Crippen molar-refractivity contribution in [1.29, 1.82) is 0 Å². The average Bonchev–Trinajstić information content (AvgIpc) is 2.92. The molecule has 1 aliphatic rings. The van der Waals surface area contributed by atoms with Gasteiger partial charge < -0.3 is 10.3 Å². The highest BCUT2D eigenvalue weighted by atomic mass is 32.1. The molecule has 1 aliphatic heterocycles. The molecule has 2 N–H and O–H groups in total. The minimum Gasteiger partial charge on any atom is -0.361 e. The zero-order valence-corrected chi connectivity index (χ0v) is 11.7. The number of hydrogen-bond acceptors (Lipinski definition) is 3. The van der Waals surface area contributed by atoms with Crippen LogP contribution in [0.5, 0.6) is 0 Å². The number of aromatic amines is 1. The maximum Gasteiger partial charge on any atom is 0.249 e. The van der Waals surface area contributed by atoms with Crippen LogP contribution in [0.25, 0.3) is 10.9 Å². The number of rotatable bonds is 2. The van der Waals surface area contributed by atoms with Gasteiger partial charge in [-0.2, -0.15) is 0 Å². The Morgan fingerprint density at radius 2 is 2.15 bits per heavy atom. The second-order valence-corrected chi connectivity index (χ2v) is 5.15. The summed E-state index contributed by atoms with van der Waals surface area (Å²) in [6.07, 6.45) is 2.31. The van der Waals surface area contributed by atoms with E-state index in [0.717, 1.165) is 16.5 Å². The molecule has 1 aromatic heterocycles. The quantitative estimate of drug-likeness (QED) is 0.819. The van der Waals surface area contributed by atoms with E-state index in [1.54, 1.807) is 0 Å². The molecule has 0 bridgehead atoms. The molecule has 2 heterocycles. The van der Waals surface area contributed by atoms with E-state index in [1.165, 1.54) is 11.8 Å². The number of fused-ring (bicyclic) bond motifs is 1. The Kier molecular flexibility index (Phi) is 3.02. The van der Waals surface area contributed by atoms with Crippen molar-refractivity contribution >= 4 is 40.0 Å². The predicted molar refractivity (Wildman–Crippen MR) is 79.1 cm³/mol. The maximum atomic E-state index is 12.0. The Labute approximate surface area is 120 Å². The molecule has 1 fully saturated rings. The molecule has 1 atom stereocenters. The molecule has 0 radical (unpaired) electrons. The highest BCUT2D eigenvalue weighted by Crippen LogP contribution is 2.22. The first-order chi connectivity index (χ1) is 9.58. The highest BCUT2D eigenvalue weighted by Gasteiger charge is 2.38. The summed E-state index contributed by atoms with van der Waals surface area (Å²) < 4.78 is 0. The molecule has 0 aliphatic carbocycles. The number of nitrogens with one attached hydrogen (secondary N) is 2. The monoisotopic (exact) mass is 287 g/mol. The van der Waals surface area contributed by atoms with Crippen molar-refractivity contribution in [3.63, 3.8) is 0 Å². The van der Waals surface area contributed by atoms with Gasteiger partial charge in [0.1, 0.15) is 6.04 Å².